The fourth-order valence-electron chi connectivity index (χ4n) is 2.58. The average Bonchev–Trinajstić information content (AvgIpc) is 2.49. The van der Waals surface area contributed by atoms with Crippen LogP contribution >= 0.6 is 0 Å². The predicted octanol–water partition coefficient (Wildman–Crippen LogP) is 2.52. The minimum Gasteiger partial charge on any atom is -0.350 e. The molecule has 2 heterocycles. The number of fused-ring (bicyclic) bond motifs is 3. The van der Waals surface area contributed by atoms with Crippen molar-refractivity contribution in [3.05, 3.63) is 69.0 Å². The van der Waals surface area contributed by atoms with Gasteiger partial charge in [0.05, 0.1) is 0 Å². The van der Waals surface area contributed by atoms with Crippen LogP contribution < -0.4 is 10.9 Å². The molecule has 0 bridgehead atoms. The van der Waals surface area contributed by atoms with Crippen molar-refractivity contribution in [1.29, 1.82) is 0 Å². The first kappa shape index (κ1) is 11.0. The van der Waals surface area contributed by atoms with Gasteiger partial charge in [-0.05, 0) is 24.3 Å². The molecule has 4 heteroatoms. The van der Waals surface area contributed by atoms with Crippen molar-refractivity contribution >= 4 is 32.8 Å². The minimum atomic E-state index is -0.155. The summed E-state index contributed by atoms with van der Waals surface area (Å²) in [6, 6.07) is 14.4. The molecule has 4 aromatic rings. The van der Waals surface area contributed by atoms with Crippen LogP contribution in [-0.4, -0.2) is 9.97 Å². The lowest BCUT2D eigenvalue weighted by Gasteiger charge is -2.04. The highest BCUT2D eigenvalue weighted by Crippen LogP contribution is 2.14. The Morgan fingerprint density at radius 1 is 0.600 bits per heavy atom. The lowest BCUT2D eigenvalue weighted by molar-refractivity contribution is 1.39. The zero-order valence-corrected chi connectivity index (χ0v) is 10.4. The zero-order chi connectivity index (χ0) is 13.7. The number of nitrogens with one attached hydrogen (secondary N) is 2. The predicted molar refractivity (Wildman–Crippen MR) is 80.2 cm³/mol. The van der Waals surface area contributed by atoms with Gasteiger partial charge in [0.15, 0.2) is 0 Å². The van der Waals surface area contributed by atoms with Crippen molar-refractivity contribution in [2.75, 3.05) is 0 Å². The molecule has 20 heavy (non-hydrogen) atoms. The number of hydrogen-bond acceptors (Lipinski definition) is 2. The second-order valence-corrected chi connectivity index (χ2v) is 4.75. The Bertz CT molecular complexity index is 1000. The standard InChI is InChI=1S/C16H10N2O2/c19-15-9-5-1-3-7-11(9)17-14-13(15)18-12-8-4-2-6-10(12)16(14)20/h1-8H,(H,17,19)(H,18,20). The molecule has 0 saturated carbocycles. The summed E-state index contributed by atoms with van der Waals surface area (Å²) >= 11 is 0. The molecule has 2 N–H and O–H groups in total. The van der Waals surface area contributed by atoms with Gasteiger partial charge in [0.2, 0.25) is 10.9 Å². The smallest absolute Gasteiger partial charge is 0.213 e. The van der Waals surface area contributed by atoms with Gasteiger partial charge in [-0.25, -0.2) is 0 Å². The highest BCUT2D eigenvalue weighted by atomic mass is 16.1. The van der Waals surface area contributed by atoms with E-state index in [4.69, 9.17) is 0 Å². The molecular weight excluding hydrogens is 252 g/mol. The van der Waals surface area contributed by atoms with E-state index in [0.717, 1.165) is 0 Å². The van der Waals surface area contributed by atoms with Crippen LogP contribution in [0.15, 0.2) is 58.1 Å². The van der Waals surface area contributed by atoms with E-state index >= 15 is 0 Å². The summed E-state index contributed by atoms with van der Waals surface area (Å²) in [6.45, 7) is 0. The van der Waals surface area contributed by atoms with Gasteiger partial charge in [0.25, 0.3) is 0 Å². The molecule has 0 aliphatic rings. The van der Waals surface area contributed by atoms with Gasteiger partial charge in [-0.3, -0.25) is 9.59 Å². The van der Waals surface area contributed by atoms with Gasteiger partial charge in [-0.2, -0.15) is 0 Å². The van der Waals surface area contributed by atoms with E-state index in [1.54, 1.807) is 24.3 Å². The number of para-hydroxylation sites is 2. The van der Waals surface area contributed by atoms with E-state index in [2.05, 4.69) is 9.97 Å². The molecule has 0 unspecified atom stereocenters. The van der Waals surface area contributed by atoms with E-state index in [0.29, 0.717) is 32.8 Å². The summed E-state index contributed by atoms with van der Waals surface area (Å²) in [6.07, 6.45) is 0. The Balaban J connectivity index is 2.38. The Morgan fingerprint density at radius 2 is 1.00 bits per heavy atom. The maximum absolute atomic E-state index is 12.5. The second kappa shape index (κ2) is 3.81. The Labute approximate surface area is 112 Å². The van der Waals surface area contributed by atoms with E-state index < -0.39 is 0 Å². The van der Waals surface area contributed by atoms with Crippen LogP contribution in [0.1, 0.15) is 0 Å². The van der Waals surface area contributed by atoms with Crippen LogP contribution in [-0.2, 0) is 0 Å². The van der Waals surface area contributed by atoms with Crippen molar-refractivity contribution in [3.63, 3.8) is 0 Å². The quantitative estimate of drug-likeness (QED) is 0.478. The second-order valence-electron chi connectivity index (χ2n) is 4.75. The average molecular weight is 262 g/mol. The number of hydrogen-bond donors (Lipinski definition) is 2. The van der Waals surface area contributed by atoms with E-state index in [9.17, 15) is 9.59 Å². The van der Waals surface area contributed by atoms with Crippen LogP contribution in [0.4, 0.5) is 0 Å². The first-order valence-electron chi connectivity index (χ1n) is 6.31. The highest BCUT2D eigenvalue weighted by Gasteiger charge is 2.10. The molecule has 0 saturated heterocycles. The minimum absolute atomic E-state index is 0.155. The molecule has 0 aliphatic carbocycles. The molecule has 0 aliphatic heterocycles. The first-order valence-corrected chi connectivity index (χ1v) is 6.31. The third kappa shape index (κ3) is 1.36. The molecular formula is C16H10N2O2. The SMILES string of the molecule is O=c1c2ccccc2[nH]c2c(=O)c3ccccc3[nH]c12. The molecule has 0 atom stereocenters. The molecule has 2 aromatic carbocycles. The Hall–Kier alpha value is -2.88. The van der Waals surface area contributed by atoms with Gasteiger partial charge < -0.3 is 9.97 Å². The summed E-state index contributed by atoms with van der Waals surface area (Å²) in [5.41, 5.74) is 1.69. The summed E-state index contributed by atoms with van der Waals surface area (Å²) in [5.74, 6) is 0. The van der Waals surface area contributed by atoms with Gasteiger partial charge in [-0.15, -0.1) is 0 Å². The normalized spacial score (nSPS) is 11.4. The summed E-state index contributed by atoms with van der Waals surface area (Å²) < 4.78 is 0. The highest BCUT2D eigenvalue weighted by molar-refractivity contribution is 5.96. The van der Waals surface area contributed by atoms with Crippen molar-refractivity contribution in [1.82, 2.24) is 9.97 Å². The number of rotatable bonds is 0. The largest absolute Gasteiger partial charge is 0.350 e. The third-order valence-corrected chi connectivity index (χ3v) is 3.57. The fraction of sp³-hybridized carbons (Fsp3) is 0. The van der Waals surface area contributed by atoms with Crippen LogP contribution in [0.3, 0.4) is 0 Å². The molecule has 4 rings (SSSR count). The number of aromatic nitrogens is 2. The maximum Gasteiger partial charge on any atom is 0.213 e. The van der Waals surface area contributed by atoms with Gasteiger partial charge >= 0.3 is 0 Å². The van der Waals surface area contributed by atoms with Gasteiger partial charge in [0.1, 0.15) is 11.0 Å². The van der Waals surface area contributed by atoms with Crippen LogP contribution in [0.2, 0.25) is 0 Å². The van der Waals surface area contributed by atoms with Gasteiger partial charge in [0, 0.05) is 21.8 Å². The van der Waals surface area contributed by atoms with Crippen molar-refractivity contribution in [2.45, 2.75) is 0 Å². The zero-order valence-electron chi connectivity index (χ0n) is 10.4. The number of pyridine rings is 2. The topological polar surface area (TPSA) is 65.7 Å². The van der Waals surface area contributed by atoms with E-state index in [1.807, 2.05) is 24.3 Å². The van der Waals surface area contributed by atoms with Crippen LogP contribution in [0, 0.1) is 0 Å². The van der Waals surface area contributed by atoms with Crippen molar-refractivity contribution in [2.24, 2.45) is 0 Å². The number of aromatic amines is 2. The Morgan fingerprint density at radius 3 is 1.45 bits per heavy atom. The molecule has 96 valence electrons. The maximum atomic E-state index is 12.5. The lowest BCUT2D eigenvalue weighted by Crippen LogP contribution is -2.14. The molecule has 4 nitrogen and oxygen atoms in total. The van der Waals surface area contributed by atoms with Gasteiger partial charge in [-0.1, -0.05) is 24.3 Å². The monoisotopic (exact) mass is 262 g/mol. The molecule has 0 radical (unpaired) electrons. The summed E-state index contributed by atoms with van der Waals surface area (Å²) in [4.78, 5) is 31.1. The lowest BCUT2D eigenvalue weighted by atomic mass is 10.1. The number of H-pyrrole nitrogens is 2. The molecule has 0 spiro atoms. The summed E-state index contributed by atoms with van der Waals surface area (Å²) in [7, 11) is 0. The van der Waals surface area contributed by atoms with E-state index in [-0.39, 0.29) is 10.9 Å². The fourth-order valence-corrected chi connectivity index (χ4v) is 2.58. The van der Waals surface area contributed by atoms with E-state index in [1.165, 1.54) is 0 Å². The van der Waals surface area contributed by atoms with Crippen molar-refractivity contribution in [3.8, 4) is 0 Å². The van der Waals surface area contributed by atoms with Crippen molar-refractivity contribution < 1.29 is 0 Å². The number of benzene rings is 2. The molecule has 2 aromatic heterocycles. The Kier molecular flexibility index (Phi) is 2.09. The molecule has 0 fully saturated rings. The third-order valence-electron chi connectivity index (χ3n) is 3.57. The molecule has 0 amide bonds. The van der Waals surface area contributed by atoms with Crippen LogP contribution in [0.5, 0.6) is 0 Å². The first-order chi connectivity index (χ1) is 9.75. The van der Waals surface area contributed by atoms with Crippen LogP contribution in [0.25, 0.3) is 32.8 Å². The summed E-state index contributed by atoms with van der Waals surface area (Å²) in [5, 5.41) is 1.15.